The summed E-state index contributed by atoms with van der Waals surface area (Å²) in [6, 6.07) is 17.4. The summed E-state index contributed by atoms with van der Waals surface area (Å²) in [4.78, 5) is 16.5. The minimum atomic E-state index is -3.64. The van der Waals surface area contributed by atoms with Gasteiger partial charge in [-0.1, -0.05) is 31.7 Å². The van der Waals surface area contributed by atoms with Crippen molar-refractivity contribution in [3.63, 3.8) is 0 Å². The number of rotatable bonds is 8. The molecule has 39 heavy (non-hydrogen) atoms. The van der Waals surface area contributed by atoms with Gasteiger partial charge in [0.15, 0.2) is 0 Å². The van der Waals surface area contributed by atoms with E-state index in [0.29, 0.717) is 22.4 Å². The summed E-state index contributed by atoms with van der Waals surface area (Å²) < 4.78 is 28.5. The van der Waals surface area contributed by atoms with E-state index in [1.54, 1.807) is 28.8 Å². The molecule has 5 heterocycles. The Balaban J connectivity index is 0.00000308. The van der Waals surface area contributed by atoms with Gasteiger partial charge in [0, 0.05) is 53.9 Å². The molecule has 7 nitrogen and oxygen atoms in total. The van der Waals surface area contributed by atoms with Crippen molar-refractivity contribution in [2.24, 2.45) is 0 Å². The fraction of sp³-hybridized carbons (Fsp3) is 0.310. The first kappa shape index (κ1) is 27.5. The van der Waals surface area contributed by atoms with Crippen molar-refractivity contribution in [3.05, 3.63) is 82.9 Å². The SMILES string of the molecule is C.CCN(c1cccc2cc(-c3ncc(CN4CCCC(c5ccccn5)C4)s3)[nH]c12)S(=O)(=O)c1cccs1. The molecule has 0 spiro atoms. The monoisotopic (exact) mass is 579 g/mol. The number of piperidine rings is 1. The molecule has 0 bridgehead atoms. The highest BCUT2D eigenvalue weighted by molar-refractivity contribution is 7.94. The van der Waals surface area contributed by atoms with Crippen LogP contribution in [-0.2, 0) is 16.6 Å². The third-order valence-electron chi connectivity index (χ3n) is 7.00. The summed E-state index contributed by atoms with van der Waals surface area (Å²) in [7, 11) is -3.64. The number of sulfonamides is 1. The molecule has 1 aliphatic rings. The molecule has 10 heteroatoms. The van der Waals surface area contributed by atoms with Gasteiger partial charge in [0.05, 0.1) is 16.9 Å². The molecule has 0 aliphatic carbocycles. The molecule has 4 aromatic heterocycles. The van der Waals surface area contributed by atoms with Crippen LogP contribution in [0.1, 0.15) is 43.7 Å². The lowest BCUT2D eigenvalue weighted by atomic mass is 9.94. The molecule has 1 saturated heterocycles. The Labute approximate surface area is 238 Å². The number of likely N-dealkylation sites (tertiary alicyclic amines) is 1. The summed E-state index contributed by atoms with van der Waals surface area (Å²) in [5.41, 5.74) is 3.53. The third-order valence-corrected chi connectivity index (χ3v) is 11.3. The quantitative estimate of drug-likeness (QED) is 0.215. The smallest absolute Gasteiger partial charge is 0.273 e. The molecule has 1 aliphatic heterocycles. The number of aromatic amines is 1. The van der Waals surface area contributed by atoms with Crippen LogP contribution in [0.3, 0.4) is 0 Å². The number of nitrogens with zero attached hydrogens (tertiary/aromatic N) is 4. The van der Waals surface area contributed by atoms with E-state index >= 15 is 0 Å². The molecule has 5 aromatic rings. The van der Waals surface area contributed by atoms with Crippen LogP contribution >= 0.6 is 22.7 Å². The maximum absolute atomic E-state index is 13.4. The van der Waals surface area contributed by atoms with Gasteiger partial charge in [-0.25, -0.2) is 13.4 Å². The number of anilines is 1. The van der Waals surface area contributed by atoms with Crippen LogP contribution in [0, 0.1) is 0 Å². The van der Waals surface area contributed by atoms with Crippen LogP contribution in [-0.4, -0.2) is 47.9 Å². The Bertz CT molecular complexity index is 1630. The van der Waals surface area contributed by atoms with Gasteiger partial charge in [-0.05, 0) is 62.0 Å². The zero-order valence-electron chi connectivity index (χ0n) is 21.1. The molecule has 0 saturated carbocycles. The summed E-state index contributed by atoms with van der Waals surface area (Å²) in [6.45, 7) is 5.16. The summed E-state index contributed by atoms with van der Waals surface area (Å²) in [5, 5.41) is 3.66. The van der Waals surface area contributed by atoms with Gasteiger partial charge in [-0.15, -0.1) is 22.7 Å². The predicted molar refractivity (Wildman–Crippen MR) is 162 cm³/mol. The number of para-hydroxylation sites is 1. The second kappa shape index (κ2) is 11.6. The Morgan fingerprint density at radius 2 is 2.03 bits per heavy atom. The zero-order valence-corrected chi connectivity index (χ0v) is 23.5. The summed E-state index contributed by atoms with van der Waals surface area (Å²) in [5.74, 6) is 0.469. The highest BCUT2D eigenvalue weighted by Crippen LogP contribution is 2.36. The lowest BCUT2D eigenvalue weighted by Gasteiger charge is -2.32. The van der Waals surface area contributed by atoms with Crippen molar-refractivity contribution in [2.75, 3.05) is 23.9 Å². The molecular formula is C29H33N5O2S3. The fourth-order valence-corrected chi connectivity index (χ4v) is 8.75. The van der Waals surface area contributed by atoms with Crippen LogP contribution in [0.5, 0.6) is 0 Å². The summed E-state index contributed by atoms with van der Waals surface area (Å²) in [6.07, 6.45) is 6.19. The molecule has 0 radical (unpaired) electrons. The first-order chi connectivity index (χ1) is 18.5. The van der Waals surface area contributed by atoms with Gasteiger partial charge < -0.3 is 4.98 Å². The third kappa shape index (κ3) is 5.51. The van der Waals surface area contributed by atoms with Gasteiger partial charge in [0.2, 0.25) is 0 Å². The van der Waals surface area contributed by atoms with Crippen molar-refractivity contribution in [1.82, 2.24) is 19.9 Å². The molecule has 1 fully saturated rings. The number of aromatic nitrogens is 3. The molecule has 204 valence electrons. The average molecular weight is 580 g/mol. The number of thiophene rings is 1. The number of hydrogen-bond donors (Lipinski definition) is 1. The normalized spacial score (nSPS) is 16.3. The number of benzene rings is 1. The second-order valence-electron chi connectivity index (χ2n) is 9.49. The van der Waals surface area contributed by atoms with Crippen LogP contribution in [0.4, 0.5) is 5.69 Å². The summed E-state index contributed by atoms with van der Waals surface area (Å²) >= 11 is 2.92. The van der Waals surface area contributed by atoms with E-state index in [-0.39, 0.29) is 7.43 Å². The van der Waals surface area contributed by atoms with Crippen LogP contribution in [0.2, 0.25) is 0 Å². The zero-order chi connectivity index (χ0) is 26.1. The van der Waals surface area contributed by atoms with E-state index in [1.165, 1.54) is 39.1 Å². The van der Waals surface area contributed by atoms with E-state index in [9.17, 15) is 8.42 Å². The molecule has 1 atom stereocenters. The number of H-pyrrole nitrogens is 1. The standard InChI is InChI=1S/C28H29N5O2S3.CH4/c1-2-33(38(34,35)26-12-7-15-36-26)25-11-5-8-20-16-24(31-27(20)25)28-30-17-22(37-28)19-32-14-6-9-21(18-32)23-10-3-4-13-29-23;/h3-5,7-8,10-13,15-17,21,31H,2,6,9,14,18-19H2,1H3;1H4. The van der Waals surface area contributed by atoms with Crippen LogP contribution in [0.25, 0.3) is 21.6 Å². The number of thiazole rings is 1. The molecule has 1 aromatic carbocycles. The number of pyridine rings is 1. The number of nitrogens with one attached hydrogen (secondary N) is 1. The first-order valence-corrected chi connectivity index (χ1v) is 15.9. The van der Waals surface area contributed by atoms with Crippen molar-refractivity contribution >= 4 is 49.3 Å². The second-order valence-corrected chi connectivity index (χ2v) is 13.6. The van der Waals surface area contributed by atoms with Gasteiger partial charge in [0.25, 0.3) is 10.0 Å². The Kier molecular flexibility index (Phi) is 8.18. The molecule has 0 amide bonds. The Hall–Kier alpha value is -3.05. The van der Waals surface area contributed by atoms with E-state index in [2.05, 4.69) is 33.1 Å². The average Bonchev–Trinajstić information content (AvgIpc) is 3.71. The highest BCUT2D eigenvalue weighted by atomic mass is 32.2. The maximum Gasteiger partial charge on any atom is 0.273 e. The van der Waals surface area contributed by atoms with E-state index < -0.39 is 10.0 Å². The van der Waals surface area contributed by atoms with Crippen LogP contribution in [0.15, 0.2) is 76.6 Å². The molecule has 1 unspecified atom stereocenters. The van der Waals surface area contributed by atoms with Crippen molar-refractivity contribution in [1.29, 1.82) is 0 Å². The van der Waals surface area contributed by atoms with Gasteiger partial charge >= 0.3 is 0 Å². The maximum atomic E-state index is 13.4. The number of fused-ring (bicyclic) bond motifs is 1. The van der Waals surface area contributed by atoms with Gasteiger partial charge in [-0.3, -0.25) is 14.2 Å². The van der Waals surface area contributed by atoms with E-state index in [4.69, 9.17) is 4.98 Å². The number of hydrogen-bond acceptors (Lipinski definition) is 7. The van der Waals surface area contributed by atoms with Crippen molar-refractivity contribution < 1.29 is 8.42 Å². The van der Waals surface area contributed by atoms with Crippen LogP contribution < -0.4 is 4.31 Å². The minimum Gasteiger partial charge on any atom is -0.351 e. The minimum absolute atomic E-state index is 0. The lowest BCUT2D eigenvalue weighted by molar-refractivity contribution is 0.200. The van der Waals surface area contributed by atoms with Crippen molar-refractivity contribution in [2.45, 2.75) is 43.9 Å². The lowest BCUT2D eigenvalue weighted by Crippen LogP contribution is -2.33. The molecular weight excluding hydrogens is 547 g/mol. The Morgan fingerprint density at radius 3 is 2.79 bits per heavy atom. The first-order valence-electron chi connectivity index (χ1n) is 12.8. The van der Waals surface area contributed by atoms with Gasteiger partial charge in [0.1, 0.15) is 9.22 Å². The fourth-order valence-electron chi connectivity index (χ4n) is 5.24. The topological polar surface area (TPSA) is 82.2 Å². The van der Waals surface area contributed by atoms with Gasteiger partial charge in [-0.2, -0.15) is 0 Å². The highest BCUT2D eigenvalue weighted by Gasteiger charge is 2.27. The molecule has 6 rings (SSSR count). The molecule has 1 N–H and O–H groups in total. The van der Waals surface area contributed by atoms with Crippen molar-refractivity contribution in [3.8, 4) is 10.7 Å². The Morgan fingerprint density at radius 1 is 1.13 bits per heavy atom. The van der Waals surface area contributed by atoms with E-state index in [1.807, 2.05) is 43.6 Å². The predicted octanol–water partition coefficient (Wildman–Crippen LogP) is 6.98. The largest absolute Gasteiger partial charge is 0.351 e. The van der Waals surface area contributed by atoms with E-state index in [0.717, 1.165) is 41.2 Å².